The first kappa shape index (κ1) is 14.5. The van der Waals surface area contributed by atoms with E-state index in [1.54, 1.807) is 18.6 Å². The lowest BCUT2D eigenvalue weighted by Gasteiger charge is -2.09. The van der Waals surface area contributed by atoms with Gasteiger partial charge in [0.15, 0.2) is 11.9 Å². The highest BCUT2D eigenvalue weighted by molar-refractivity contribution is 5.93. The highest BCUT2D eigenvalue weighted by Crippen LogP contribution is 2.31. The van der Waals surface area contributed by atoms with Crippen molar-refractivity contribution >= 4 is 11.9 Å². The third-order valence-corrected chi connectivity index (χ3v) is 4.16. The van der Waals surface area contributed by atoms with Crippen LogP contribution in [-0.2, 0) is 11.2 Å². The molecule has 4 rings (SSSR count). The van der Waals surface area contributed by atoms with E-state index in [0.29, 0.717) is 12.2 Å². The highest BCUT2D eigenvalue weighted by Gasteiger charge is 2.30. The SMILES string of the molecule is Cc1cc2c(cc1C)O[C@H](C(=O)Nc1n[nH]c(-c3ccoc3)n1)C2. The minimum Gasteiger partial charge on any atom is -0.480 e. The molecular formula is C17H16N4O3. The highest BCUT2D eigenvalue weighted by atomic mass is 16.5. The Bertz CT molecular complexity index is 868. The number of rotatable bonds is 3. The van der Waals surface area contributed by atoms with Crippen molar-refractivity contribution in [3.8, 4) is 17.1 Å². The van der Waals surface area contributed by atoms with Gasteiger partial charge in [0.25, 0.3) is 5.91 Å². The molecule has 1 aliphatic heterocycles. The molecule has 0 radical (unpaired) electrons. The number of benzene rings is 1. The number of nitrogens with one attached hydrogen (secondary N) is 2. The fourth-order valence-electron chi connectivity index (χ4n) is 2.70. The van der Waals surface area contributed by atoms with Gasteiger partial charge in [-0.3, -0.25) is 15.2 Å². The summed E-state index contributed by atoms with van der Waals surface area (Å²) in [5, 5.41) is 9.44. The maximum atomic E-state index is 12.4. The fourth-order valence-corrected chi connectivity index (χ4v) is 2.70. The number of aromatic nitrogens is 3. The molecule has 122 valence electrons. The second-order valence-electron chi connectivity index (χ2n) is 5.86. The Labute approximate surface area is 138 Å². The van der Waals surface area contributed by atoms with E-state index in [0.717, 1.165) is 22.4 Å². The summed E-state index contributed by atoms with van der Waals surface area (Å²) in [7, 11) is 0. The van der Waals surface area contributed by atoms with E-state index in [1.807, 2.05) is 19.9 Å². The van der Waals surface area contributed by atoms with Gasteiger partial charge in [-0.25, -0.2) is 0 Å². The van der Waals surface area contributed by atoms with Crippen molar-refractivity contribution in [2.24, 2.45) is 0 Å². The molecule has 2 aromatic heterocycles. The van der Waals surface area contributed by atoms with Gasteiger partial charge in [0.05, 0.1) is 11.8 Å². The third-order valence-electron chi connectivity index (χ3n) is 4.16. The zero-order chi connectivity index (χ0) is 16.7. The number of carbonyl (C=O) groups is 1. The molecule has 0 saturated heterocycles. The van der Waals surface area contributed by atoms with Gasteiger partial charge < -0.3 is 9.15 Å². The van der Waals surface area contributed by atoms with Crippen LogP contribution in [0.3, 0.4) is 0 Å². The van der Waals surface area contributed by atoms with Crippen LogP contribution in [0.4, 0.5) is 5.95 Å². The summed E-state index contributed by atoms with van der Waals surface area (Å²) in [6.45, 7) is 4.07. The smallest absolute Gasteiger partial charge is 0.268 e. The zero-order valence-corrected chi connectivity index (χ0v) is 13.3. The second kappa shape index (κ2) is 5.52. The van der Waals surface area contributed by atoms with Gasteiger partial charge in [0, 0.05) is 6.42 Å². The molecule has 3 heterocycles. The lowest BCUT2D eigenvalue weighted by molar-refractivity contribution is -0.122. The number of ether oxygens (including phenoxy) is 1. The van der Waals surface area contributed by atoms with E-state index in [1.165, 1.54) is 5.56 Å². The standard InChI is InChI=1S/C17H16N4O3/c1-9-5-12-7-14(24-13(12)6-10(9)2)16(22)19-17-18-15(20-21-17)11-3-4-23-8-11/h3-6,8,14H,7H2,1-2H3,(H2,18,19,20,21,22)/t14-/m0/s1. The Kier molecular flexibility index (Phi) is 3.34. The van der Waals surface area contributed by atoms with E-state index in [4.69, 9.17) is 9.15 Å². The summed E-state index contributed by atoms with van der Waals surface area (Å²) in [6, 6.07) is 5.80. The number of H-pyrrole nitrogens is 1. The molecule has 24 heavy (non-hydrogen) atoms. The van der Waals surface area contributed by atoms with Crippen molar-refractivity contribution in [2.45, 2.75) is 26.4 Å². The van der Waals surface area contributed by atoms with Crippen LogP contribution in [0.2, 0.25) is 0 Å². The van der Waals surface area contributed by atoms with Gasteiger partial charge in [-0.2, -0.15) is 4.98 Å². The Morgan fingerprint density at radius 3 is 2.96 bits per heavy atom. The molecule has 7 nitrogen and oxygen atoms in total. The van der Waals surface area contributed by atoms with Crippen LogP contribution in [0.15, 0.2) is 35.1 Å². The summed E-state index contributed by atoms with van der Waals surface area (Å²) >= 11 is 0. The van der Waals surface area contributed by atoms with Gasteiger partial charge in [0.1, 0.15) is 12.0 Å². The Hall–Kier alpha value is -3.09. The number of amides is 1. The first-order valence-corrected chi connectivity index (χ1v) is 7.63. The maximum Gasteiger partial charge on any atom is 0.268 e. The predicted molar refractivity (Wildman–Crippen MR) is 86.8 cm³/mol. The molecule has 0 saturated carbocycles. The fraction of sp³-hybridized carbons (Fsp3) is 0.235. The minimum atomic E-state index is -0.572. The van der Waals surface area contributed by atoms with Gasteiger partial charge in [0.2, 0.25) is 5.95 Å². The number of aryl methyl sites for hydroxylation is 2. The van der Waals surface area contributed by atoms with Gasteiger partial charge in [-0.05, 0) is 42.7 Å². The van der Waals surface area contributed by atoms with E-state index in [-0.39, 0.29) is 11.9 Å². The Morgan fingerprint density at radius 1 is 1.33 bits per heavy atom. The third kappa shape index (κ3) is 2.54. The average molecular weight is 324 g/mol. The van der Waals surface area contributed by atoms with Crippen molar-refractivity contribution in [1.82, 2.24) is 15.2 Å². The number of nitrogens with zero attached hydrogens (tertiary/aromatic N) is 2. The lowest BCUT2D eigenvalue weighted by atomic mass is 10.0. The normalized spacial score (nSPS) is 15.8. The molecule has 0 unspecified atom stereocenters. The van der Waals surface area contributed by atoms with E-state index >= 15 is 0 Å². The van der Waals surface area contributed by atoms with Crippen LogP contribution in [-0.4, -0.2) is 27.2 Å². The van der Waals surface area contributed by atoms with Crippen molar-refractivity contribution in [1.29, 1.82) is 0 Å². The van der Waals surface area contributed by atoms with Gasteiger partial charge in [-0.1, -0.05) is 6.07 Å². The summed E-state index contributed by atoms with van der Waals surface area (Å²) in [6.07, 6.45) is 3.07. The molecule has 3 aromatic rings. The molecule has 1 aliphatic rings. The van der Waals surface area contributed by atoms with Crippen LogP contribution in [0.1, 0.15) is 16.7 Å². The van der Waals surface area contributed by atoms with Crippen LogP contribution in [0, 0.1) is 13.8 Å². The van der Waals surface area contributed by atoms with Crippen molar-refractivity contribution in [2.75, 3.05) is 5.32 Å². The van der Waals surface area contributed by atoms with E-state index < -0.39 is 6.10 Å². The van der Waals surface area contributed by atoms with E-state index in [2.05, 4.69) is 26.6 Å². The van der Waals surface area contributed by atoms with E-state index in [9.17, 15) is 4.79 Å². The summed E-state index contributed by atoms with van der Waals surface area (Å²) in [4.78, 5) is 16.6. The molecule has 1 amide bonds. The Balaban J connectivity index is 1.46. The van der Waals surface area contributed by atoms with Crippen molar-refractivity contribution in [3.05, 3.63) is 47.4 Å². The summed E-state index contributed by atoms with van der Waals surface area (Å²) in [5.74, 6) is 1.25. The molecule has 7 heteroatoms. The molecule has 2 N–H and O–H groups in total. The van der Waals surface area contributed by atoms with Crippen LogP contribution < -0.4 is 10.1 Å². The van der Waals surface area contributed by atoms with Crippen LogP contribution in [0.25, 0.3) is 11.4 Å². The minimum absolute atomic E-state index is 0.211. The number of aromatic amines is 1. The van der Waals surface area contributed by atoms with Crippen LogP contribution >= 0.6 is 0 Å². The number of anilines is 1. The van der Waals surface area contributed by atoms with Crippen LogP contribution in [0.5, 0.6) is 5.75 Å². The molecule has 0 fully saturated rings. The number of carbonyl (C=O) groups excluding carboxylic acids is 1. The summed E-state index contributed by atoms with van der Waals surface area (Å²) < 4.78 is 10.8. The zero-order valence-electron chi connectivity index (χ0n) is 13.3. The number of fused-ring (bicyclic) bond motifs is 1. The number of hydrogen-bond acceptors (Lipinski definition) is 5. The molecule has 1 atom stereocenters. The average Bonchev–Trinajstić information content (AvgIpc) is 3.26. The lowest BCUT2D eigenvalue weighted by Crippen LogP contribution is -2.31. The second-order valence-corrected chi connectivity index (χ2v) is 5.86. The van der Waals surface area contributed by atoms with Gasteiger partial charge >= 0.3 is 0 Å². The van der Waals surface area contributed by atoms with Crippen molar-refractivity contribution < 1.29 is 13.9 Å². The Morgan fingerprint density at radius 2 is 2.17 bits per heavy atom. The molecule has 0 aliphatic carbocycles. The topological polar surface area (TPSA) is 93.0 Å². The quantitative estimate of drug-likeness (QED) is 0.772. The predicted octanol–water partition coefficient (Wildman–Crippen LogP) is 2.62. The molecule has 0 bridgehead atoms. The molecular weight excluding hydrogens is 308 g/mol. The molecule has 1 aromatic carbocycles. The van der Waals surface area contributed by atoms with Crippen molar-refractivity contribution in [3.63, 3.8) is 0 Å². The molecule has 0 spiro atoms. The number of hydrogen-bond donors (Lipinski definition) is 2. The first-order chi connectivity index (χ1) is 11.6. The maximum absolute atomic E-state index is 12.4. The largest absolute Gasteiger partial charge is 0.480 e. The number of furan rings is 1. The van der Waals surface area contributed by atoms with Gasteiger partial charge in [-0.15, -0.1) is 5.10 Å². The monoisotopic (exact) mass is 324 g/mol. The summed E-state index contributed by atoms with van der Waals surface area (Å²) in [5.41, 5.74) is 4.15. The first-order valence-electron chi connectivity index (χ1n) is 7.63.